The van der Waals surface area contributed by atoms with Gasteiger partial charge in [-0.3, -0.25) is 11.5 Å². The van der Waals surface area contributed by atoms with E-state index in [9.17, 15) is 0 Å². The molecule has 0 unspecified atom stereocenters. The highest BCUT2D eigenvalue weighted by molar-refractivity contribution is 4.65. The van der Waals surface area contributed by atoms with E-state index in [1.54, 1.807) is 0 Å². The minimum Gasteiger partial charge on any atom is -0.348 e. The summed E-state index contributed by atoms with van der Waals surface area (Å²) in [4.78, 5) is 0. The highest BCUT2D eigenvalue weighted by Crippen LogP contribution is 2.15. The minimum absolute atomic E-state index is 0.710. The van der Waals surface area contributed by atoms with Gasteiger partial charge in [-0.2, -0.15) is 0 Å². The van der Waals surface area contributed by atoms with Gasteiger partial charge in [0, 0.05) is 6.42 Å². The molecule has 0 aliphatic carbocycles. The predicted molar refractivity (Wildman–Crippen MR) is 130 cm³/mol. The molecular formula is C26H56N2O. The lowest BCUT2D eigenvalue weighted by Crippen LogP contribution is -2.52. The van der Waals surface area contributed by atoms with E-state index in [1.807, 2.05) is 0 Å². The number of ether oxygens (including phenoxy) is 1. The maximum absolute atomic E-state index is 6.11. The third-order valence-electron chi connectivity index (χ3n) is 6.04. The van der Waals surface area contributed by atoms with Crippen molar-refractivity contribution >= 4 is 0 Å². The molecule has 0 aromatic carbocycles. The summed E-state index contributed by atoms with van der Waals surface area (Å²) in [7, 11) is 0. The Balaban J connectivity index is 3.30. The van der Waals surface area contributed by atoms with Gasteiger partial charge in [-0.25, -0.2) is 0 Å². The van der Waals surface area contributed by atoms with Crippen LogP contribution in [0.1, 0.15) is 155 Å². The lowest BCUT2D eigenvalue weighted by Gasteiger charge is -2.25. The summed E-state index contributed by atoms with van der Waals surface area (Å²) in [5, 5.41) is 0. The van der Waals surface area contributed by atoms with E-state index >= 15 is 0 Å². The fourth-order valence-corrected chi connectivity index (χ4v) is 3.99. The molecule has 0 aliphatic heterocycles. The van der Waals surface area contributed by atoms with Crippen LogP contribution in [0.4, 0.5) is 0 Å². The van der Waals surface area contributed by atoms with Gasteiger partial charge in [0.05, 0.1) is 6.61 Å². The van der Waals surface area contributed by atoms with Gasteiger partial charge in [-0.1, -0.05) is 136 Å². The molecule has 0 saturated heterocycles. The summed E-state index contributed by atoms with van der Waals surface area (Å²) >= 11 is 0. The van der Waals surface area contributed by atoms with E-state index < -0.39 is 5.85 Å². The molecular weight excluding hydrogens is 356 g/mol. The Labute approximate surface area is 184 Å². The summed E-state index contributed by atoms with van der Waals surface area (Å²) in [5.74, 6) is -0.918. The summed E-state index contributed by atoms with van der Waals surface area (Å²) < 4.78 is 5.75. The molecule has 0 bridgehead atoms. The van der Waals surface area contributed by atoms with E-state index in [-0.39, 0.29) is 0 Å². The van der Waals surface area contributed by atoms with Crippen LogP contribution < -0.4 is 11.5 Å². The second-order valence-corrected chi connectivity index (χ2v) is 9.27. The first-order chi connectivity index (χ1) is 14.1. The third-order valence-corrected chi connectivity index (χ3v) is 6.04. The lowest BCUT2D eigenvalue weighted by molar-refractivity contribution is -0.0458. The van der Waals surface area contributed by atoms with E-state index in [1.165, 1.54) is 122 Å². The standard InChI is InChI=1S/C26H56N2O/c1-3-5-7-9-11-13-15-17-19-21-23-25-29-26(27,28)24-22-20-18-16-14-12-10-8-6-4-2/h3-25,27-28H2,1-2H3. The topological polar surface area (TPSA) is 61.3 Å². The molecule has 0 rings (SSSR count). The van der Waals surface area contributed by atoms with Crippen molar-refractivity contribution in [2.75, 3.05) is 6.61 Å². The van der Waals surface area contributed by atoms with E-state index in [0.717, 1.165) is 19.3 Å². The van der Waals surface area contributed by atoms with Crippen LogP contribution >= 0.6 is 0 Å². The SMILES string of the molecule is CCCCCCCCCCCCCOC(N)(N)CCCCCCCCCCCC. The molecule has 0 spiro atoms. The molecule has 0 heterocycles. The van der Waals surface area contributed by atoms with E-state index in [2.05, 4.69) is 13.8 Å². The minimum atomic E-state index is -0.918. The molecule has 3 heteroatoms. The molecule has 0 saturated carbocycles. The zero-order valence-electron chi connectivity index (χ0n) is 20.3. The smallest absolute Gasteiger partial charge is 0.169 e. The molecule has 4 N–H and O–H groups in total. The Bertz CT molecular complexity index is 307. The molecule has 0 atom stereocenters. The highest BCUT2D eigenvalue weighted by atomic mass is 16.5. The van der Waals surface area contributed by atoms with Crippen molar-refractivity contribution in [2.45, 2.75) is 161 Å². The van der Waals surface area contributed by atoms with Gasteiger partial charge >= 0.3 is 0 Å². The second-order valence-electron chi connectivity index (χ2n) is 9.27. The number of hydrogen-bond acceptors (Lipinski definition) is 3. The van der Waals surface area contributed by atoms with Crippen LogP contribution in [0, 0.1) is 0 Å². The largest absolute Gasteiger partial charge is 0.348 e. The maximum atomic E-state index is 6.11. The van der Waals surface area contributed by atoms with Crippen LogP contribution in [0.25, 0.3) is 0 Å². The first-order valence-corrected chi connectivity index (χ1v) is 13.3. The van der Waals surface area contributed by atoms with Gasteiger partial charge in [0.25, 0.3) is 0 Å². The Morgan fingerprint density at radius 1 is 0.448 bits per heavy atom. The van der Waals surface area contributed by atoms with Gasteiger partial charge < -0.3 is 4.74 Å². The molecule has 3 nitrogen and oxygen atoms in total. The number of rotatable bonds is 24. The van der Waals surface area contributed by atoms with Gasteiger partial charge in [0.15, 0.2) is 5.85 Å². The fourth-order valence-electron chi connectivity index (χ4n) is 3.99. The molecule has 0 radical (unpaired) electrons. The van der Waals surface area contributed by atoms with Crippen LogP contribution in [-0.4, -0.2) is 12.5 Å². The second kappa shape index (κ2) is 22.6. The van der Waals surface area contributed by atoms with Crippen molar-refractivity contribution in [1.82, 2.24) is 0 Å². The monoisotopic (exact) mass is 412 g/mol. The van der Waals surface area contributed by atoms with Crippen molar-refractivity contribution < 1.29 is 4.74 Å². The van der Waals surface area contributed by atoms with Crippen molar-refractivity contribution in [1.29, 1.82) is 0 Å². The summed E-state index contributed by atoms with van der Waals surface area (Å²) in [6.07, 6.45) is 28.9. The lowest BCUT2D eigenvalue weighted by atomic mass is 10.0. The van der Waals surface area contributed by atoms with Crippen molar-refractivity contribution in [3.63, 3.8) is 0 Å². The Morgan fingerprint density at radius 3 is 1.14 bits per heavy atom. The zero-order chi connectivity index (χ0) is 21.5. The van der Waals surface area contributed by atoms with Gasteiger partial charge in [0.2, 0.25) is 0 Å². The molecule has 29 heavy (non-hydrogen) atoms. The van der Waals surface area contributed by atoms with Crippen LogP contribution in [0.5, 0.6) is 0 Å². The number of hydrogen-bond donors (Lipinski definition) is 2. The molecule has 0 aromatic rings. The average Bonchev–Trinajstić information content (AvgIpc) is 2.70. The van der Waals surface area contributed by atoms with Crippen LogP contribution in [-0.2, 0) is 4.74 Å². The molecule has 0 fully saturated rings. The molecule has 0 amide bonds. The molecule has 0 aromatic heterocycles. The first-order valence-electron chi connectivity index (χ1n) is 13.3. The fraction of sp³-hybridized carbons (Fsp3) is 1.00. The number of unbranched alkanes of at least 4 members (excludes halogenated alkanes) is 19. The molecule has 0 aliphatic rings. The third kappa shape index (κ3) is 24.0. The van der Waals surface area contributed by atoms with Crippen molar-refractivity contribution in [3.05, 3.63) is 0 Å². The normalized spacial score (nSPS) is 12.0. The van der Waals surface area contributed by atoms with Crippen LogP contribution in [0.15, 0.2) is 0 Å². The highest BCUT2D eigenvalue weighted by Gasteiger charge is 2.18. The predicted octanol–water partition coefficient (Wildman–Crippen LogP) is 8.20. The van der Waals surface area contributed by atoms with E-state index in [4.69, 9.17) is 16.2 Å². The van der Waals surface area contributed by atoms with Crippen molar-refractivity contribution in [2.24, 2.45) is 11.5 Å². The molecule has 176 valence electrons. The quantitative estimate of drug-likeness (QED) is 0.124. The van der Waals surface area contributed by atoms with Gasteiger partial charge in [-0.15, -0.1) is 0 Å². The van der Waals surface area contributed by atoms with Crippen LogP contribution in [0.3, 0.4) is 0 Å². The van der Waals surface area contributed by atoms with Gasteiger partial charge in [-0.05, 0) is 12.8 Å². The Morgan fingerprint density at radius 2 is 0.759 bits per heavy atom. The summed E-state index contributed by atoms with van der Waals surface area (Å²) in [5.41, 5.74) is 12.2. The zero-order valence-corrected chi connectivity index (χ0v) is 20.3. The first kappa shape index (κ1) is 28.9. The van der Waals surface area contributed by atoms with E-state index in [0.29, 0.717) is 6.61 Å². The average molecular weight is 413 g/mol. The maximum Gasteiger partial charge on any atom is 0.169 e. The van der Waals surface area contributed by atoms with Crippen LogP contribution in [0.2, 0.25) is 0 Å². The summed E-state index contributed by atoms with van der Waals surface area (Å²) in [6.45, 7) is 5.26. The number of nitrogens with two attached hydrogens (primary N) is 2. The Hall–Kier alpha value is -0.120. The Kier molecular flexibility index (Phi) is 22.5. The van der Waals surface area contributed by atoms with Gasteiger partial charge in [0.1, 0.15) is 0 Å². The summed E-state index contributed by atoms with van der Waals surface area (Å²) in [6, 6.07) is 0. The van der Waals surface area contributed by atoms with Crippen molar-refractivity contribution in [3.8, 4) is 0 Å².